The van der Waals surface area contributed by atoms with Gasteiger partial charge in [-0.15, -0.1) is 93.1 Å². The molecular formula is C48H36BBr3Cl2N8O10S4. The van der Waals surface area contributed by atoms with E-state index < -0.39 is 43.3 Å². The van der Waals surface area contributed by atoms with Gasteiger partial charge in [0.25, 0.3) is 23.6 Å². The lowest BCUT2D eigenvalue weighted by atomic mass is 10.1. The normalized spacial score (nSPS) is 13.1. The molecule has 6 heterocycles. The standard InChI is InChI=1S/C24H18N4O5S2.C23H16N4O5S2.CH2Cl2.BBr3/c1-33-15-7-8-18(25-11-15)24-27-13-16(34-24)12-26-22(29)14-6-9-21-19(10-14)28-23(30)17-4-2-3-5-20(17)35(21,31)32;28-14-6-7-17(24-10-14)23-26-12-15(33-23)11-25-21(29)13-5-8-20-18(9-13)27-22(30)16-3-1-2-4-19(16)34(20,31)32;2-1-3;2-1(3)4/h2-11,13H,12H2,1H3,(H,26,29)(H,28,30);1-10,12,28H,11H2,(H,25,29)(H,27,30);1H2;. The van der Waals surface area contributed by atoms with Gasteiger partial charge < -0.3 is 31.1 Å². The van der Waals surface area contributed by atoms with Gasteiger partial charge in [-0.05, 0) is 84.9 Å². The first-order chi connectivity index (χ1) is 36.3. The number of alkyl halides is 2. The van der Waals surface area contributed by atoms with E-state index in [-0.39, 0.29) is 80.6 Å². The van der Waals surface area contributed by atoms with Crippen molar-refractivity contribution in [3.8, 4) is 32.9 Å². The predicted octanol–water partition coefficient (Wildman–Crippen LogP) is 10.4. The van der Waals surface area contributed by atoms with Crippen molar-refractivity contribution in [3.05, 3.63) is 166 Å². The van der Waals surface area contributed by atoms with Crippen LogP contribution in [0.25, 0.3) is 21.4 Å². The molecule has 28 heteroatoms. The van der Waals surface area contributed by atoms with Gasteiger partial charge >= 0.3 is 3.18 Å². The van der Waals surface area contributed by atoms with E-state index in [2.05, 4.69) is 88.5 Å². The van der Waals surface area contributed by atoms with E-state index in [1.165, 1.54) is 95.6 Å². The number of sulfone groups is 2. The van der Waals surface area contributed by atoms with E-state index in [4.69, 9.17) is 27.9 Å². The number of benzene rings is 4. The third kappa shape index (κ3) is 13.9. The molecule has 0 spiro atoms. The number of pyridine rings is 2. The molecule has 10 rings (SSSR count). The molecule has 0 aliphatic carbocycles. The average molecular weight is 1330 g/mol. The van der Waals surface area contributed by atoms with Crippen molar-refractivity contribution in [2.45, 2.75) is 32.7 Å². The summed E-state index contributed by atoms with van der Waals surface area (Å²) >= 11 is 21.6. The maximum atomic E-state index is 13.1. The second-order valence-corrected chi connectivity index (χ2v) is 28.5. The summed E-state index contributed by atoms with van der Waals surface area (Å²) in [6.07, 6.45) is 6.21. The van der Waals surface area contributed by atoms with Gasteiger partial charge in [0.15, 0.2) is 0 Å². The topological polar surface area (TPSA) is 266 Å². The van der Waals surface area contributed by atoms with Crippen molar-refractivity contribution in [3.63, 3.8) is 0 Å². The minimum Gasteiger partial charge on any atom is -0.506 e. The zero-order valence-electron chi connectivity index (χ0n) is 38.8. The zero-order valence-corrected chi connectivity index (χ0v) is 48.4. The van der Waals surface area contributed by atoms with Crippen molar-refractivity contribution in [2.75, 3.05) is 23.1 Å². The van der Waals surface area contributed by atoms with Crippen molar-refractivity contribution in [1.82, 2.24) is 30.6 Å². The summed E-state index contributed by atoms with van der Waals surface area (Å²) in [4.78, 5) is 69.1. The van der Waals surface area contributed by atoms with Gasteiger partial charge in [0.1, 0.15) is 21.5 Å². The lowest BCUT2D eigenvalue weighted by molar-refractivity contribution is 0.0943. The summed E-state index contributed by atoms with van der Waals surface area (Å²) < 4.78 is 57.7. The number of hydrogen-bond acceptors (Lipinski definition) is 16. The first-order valence-corrected chi connectivity index (χ1v) is 30.0. The van der Waals surface area contributed by atoms with Gasteiger partial charge in [-0.2, -0.15) is 0 Å². The Bertz CT molecular complexity index is 3690. The van der Waals surface area contributed by atoms with E-state index in [1.54, 1.807) is 68.2 Å². The van der Waals surface area contributed by atoms with Gasteiger partial charge in [0.2, 0.25) is 19.7 Å². The summed E-state index contributed by atoms with van der Waals surface area (Å²) in [6.45, 7) is 0.418. The van der Waals surface area contributed by atoms with Gasteiger partial charge in [-0.1, -0.05) is 24.3 Å². The Morgan fingerprint density at radius 3 is 1.43 bits per heavy atom. The number of ether oxygens (including phenoxy) is 1. The van der Waals surface area contributed by atoms with Crippen LogP contribution >= 0.6 is 93.1 Å². The second-order valence-electron chi connectivity index (χ2n) is 15.3. The Morgan fingerprint density at radius 1 is 0.618 bits per heavy atom. The Morgan fingerprint density at radius 2 is 1.04 bits per heavy atom. The van der Waals surface area contributed by atoms with Crippen LogP contribution in [0.5, 0.6) is 11.5 Å². The third-order valence-corrected chi connectivity index (χ3v) is 16.3. The minimum absolute atomic E-state index is 0.0485. The maximum Gasteiger partial charge on any atom is 0.369 e. The fourth-order valence-corrected chi connectivity index (χ4v) is 11.9. The summed E-state index contributed by atoms with van der Waals surface area (Å²) in [5.41, 5.74) is 1.92. The van der Waals surface area contributed by atoms with E-state index in [9.17, 15) is 41.1 Å². The minimum atomic E-state index is -3.94. The summed E-state index contributed by atoms with van der Waals surface area (Å²) in [6, 6.07) is 26.9. The monoisotopic (exact) mass is 1330 g/mol. The molecule has 0 unspecified atom stereocenters. The Labute approximate surface area is 477 Å². The fraction of sp³-hybridized carbons (Fsp3) is 0.0833. The van der Waals surface area contributed by atoms with Crippen molar-refractivity contribution < 1.29 is 45.9 Å². The van der Waals surface area contributed by atoms with Gasteiger partial charge in [-0.3, -0.25) is 19.2 Å². The average Bonchev–Trinajstić information content (AvgIpc) is 4.08. The van der Waals surface area contributed by atoms with Crippen molar-refractivity contribution in [2.24, 2.45) is 0 Å². The van der Waals surface area contributed by atoms with Crippen LogP contribution in [0.4, 0.5) is 11.4 Å². The van der Waals surface area contributed by atoms with Crippen LogP contribution in [0.3, 0.4) is 0 Å². The molecule has 0 fully saturated rings. The highest BCUT2D eigenvalue weighted by Gasteiger charge is 2.33. The van der Waals surface area contributed by atoms with Crippen LogP contribution < -0.4 is 26.0 Å². The van der Waals surface area contributed by atoms with Gasteiger partial charge in [0.05, 0.1) is 91.4 Å². The molecule has 4 amide bonds. The smallest absolute Gasteiger partial charge is 0.369 e. The number of aromatic nitrogens is 4. The SMILES string of the molecule is BrB(Br)Br.COc1ccc(-c2ncc(CNC(=O)c3ccc4c(c3)NC(=O)c3ccccc3S4(=O)=O)s2)nc1.ClCCl.O=C(NCc1cnc(-c2ccc(O)cn2)s1)c1ccc2c(c1)NC(=O)c1ccccc1S2(=O)=O. The predicted molar refractivity (Wildman–Crippen MR) is 303 cm³/mol. The maximum absolute atomic E-state index is 13.1. The molecule has 8 aromatic rings. The summed E-state index contributed by atoms with van der Waals surface area (Å²) in [5, 5.41) is 21.7. The molecule has 2 aliphatic rings. The number of anilines is 2. The Kier molecular flexibility index (Phi) is 19.6. The van der Waals surface area contributed by atoms with Gasteiger partial charge in [0, 0.05) is 33.3 Å². The second kappa shape index (κ2) is 25.8. The molecule has 0 bridgehead atoms. The highest BCUT2D eigenvalue weighted by molar-refractivity contribution is 9.69. The van der Waals surface area contributed by atoms with Crippen LogP contribution in [0, 0.1) is 0 Å². The number of thiazole rings is 2. The van der Waals surface area contributed by atoms with Crippen LogP contribution in [0.15, 0.2) is 154 Å². The molecular weight excluding hydrogens is 1300 g/mol. The van der Waals surface area contributed by atoms with Crippen molar-refractivity contribution >= 4 is 151 Å². The number of methoxy groups -OCH3 is 1. The highest BCUT2D eigenvalue weighted by Crippen LogP contribution is 2.36. The molecule has 76 heavy (non-hydrogen) atoms. The van der Waals surface area contributed by atoms with Crippen LogP contribution in [0.2, 0.25) is 0 Å². The largest absolute Gasteiger partial charge is 0.506 e. The number of nitrogens with one attached hydrogen (secondary N) is 4. The molecule has 390 valence electrons. The summed E-state index contributed by atoms with van der Waals surface area (Å²) in [7, 11) is -6.30. The van der Waals surface area contributed by atoms with Crippen LogP contribution in [0.1, 0.15) is 51.2 Å². The van der Waals surface area contributed by atoms with E-state index in [0.29, 0.717) is 27.2 Å². The summed E-state index contributed by atoms with van der Waals surface area (Å²) in [5.74, 6) is -1.26. The number of carbonyl (C=O) groups excluding carboxylic acids is 4. The van der Waals surface area contributed by atoms with Crippen LogP contribution in [-0.4, -0.2) is 81.1 Å². The molecule has 2 aliphatic heterocycles. The lowest BCUT2D eigenvalue weighted by Crippen LogP contribution is -2.22. The molecule has 0 saturated carbocycles. The molecule has 4 aromatic heterocycles. The lowest BCUT2D eigenvalue weighted by Gasteiger charge is -2.10. The van der Waals surface area contributed by atoms with Gasteiger partial charge in [-0.25, -0.2) is 36.8 Å². The number of halogens is 5. The Balaban J connectivity index is 0.000000197. The number of hydrogen-bond donors (Lipinski definition) is 5. The molecule has 5 N–H and O–H groups in total. The molecule has 0 saturated heterocycles. The molecule has 0 radical (unpaired) electrons. The molecule has 4 aromatic carbocycles. The third-order valence-electron chi connectivity index (χ3n) is 10.5. The van der Waals surface area contributed by atoms with E-state index >= 15 is 0 Å². The Hall–Kier alpha value is -6.10. The first-order valence-electron chi connectivity index (χ1n) is 21.6. The fourth-order valence-electron chi connectivity index (χ4n) is 7.09. The highest BCUT2D eigenvalue weighted by atomic mass is 79.9. The number of aromatic hydroxyl groups is 1. The zero-order chi connectivity index (χ0) is 54.7. The van der Waals surface area contributed by atoms with E-state index in [1.807, 2.05) is 0 Å². The number of carbonyl (C=O) groups is 4. The quantitative estimate of drug-likeness (QED) is 0.0665. The first kappa shape index (κ1) is 57.6. The number of nitrogens with zero attached hydrogens (tertiary/aromatic N) is 4. The molecule has 0 atom stereocenters. The van der Waals surface area contributed by atoms with E-state index in [0.717, 1.165) is 9.75 Å². The number of fused-ring (bicyclic) bond motifs is 4. The number of amides is 4. The number of rotatable bonds is 9. The van der Waals surface area contributed by atoms with Crippen LogP contribution in [-0.2, 0) is 32.8 Å². The molecule has 18 nitrogen and oxygen atoms in total. The van der Waals surface area contributed by atoms with Crippen molar-refractivity contribution in [1.29, 1.82) is 0 Å².